The highest BCUT2D eigenvalue weighted by molar-refractivity contribution is 7.14. The van der Waals surface area contributed by atoms with Gasteiger partial charge in [-0.3, -0.25) is 4.79 Å². The minimum absolute atomic E-state index is 0.173. The summed E-state index contributed by atoms with van der Waals surface area (Å²) in [6, 6.07) is 7.54. The third-order valence-electron chi connectivity index (χ3n) is 3.81. The number of thiazole rings is 2. The molecule has 0 saturated carbocycles. The molecule has 0 aliphatic heterocycles. The van der Waals surface area contributed by atoms with Crippen LogP contribution in [0.4, 0.5) is 10.8 Å². The number of hydrogen-bond acceptors (Lipinski definition) is 7. The van der Waals surface area contributed by atoms with Crippen LogP contribution in [0.1, 0.15) is 41.0 Å². The second-order valence-corrected chi connectivity index (χ2v) is 7.98. The van der Waals surface area contributed by atoms with Gasteiger partial charge in [0.25, 0.3) is 5.91 Å². The summed E-state index contributed by atoms with van der Waals surface area (Å²) in [5, 5.41) is 11.7. The monoisotopic (exact) mass is 402 g/mol. The number of carbonyl (C=O) groups is 1. The van der Waals surface area contributed by atoms with E-state index in [1.807, 2.05) is 24.3 Å². The predicted molar refractivity (Wildman–Crippen MR) is 111 cm³/mol. The molecule has 6 nitrogen and oxygen atoms in total. The molecule has 2 aromatic heterocycles. The zero-order chi connectivity index (χ0) is 19.2. The van der Waals surface area contributed by atoms with Gasteiger partial charge in [-0.05, 0) is 24.3 Å². The standard InChI is InChI=1S/C19H22N4O2S2/c1-12(2)18-21-14(10-26-18)8-9-20-17(24)16-11-27-19(23-16)22-13-4-6-15(25-3)7-5-13/h4-7,10-12H,8-9H2,1-3H3,(H,20,24)(H,22,23). The summed E-state index contributed by atoms with van der Waals surface area (Å²) in [6.45, 7) is 4.80. The van der Waals surface area contributed by atoms with E-state index in [-0.39, 0.29) is 5.91 Å². The van der Waals surface area contributed by atoms with Gasteiger partial charge in [-0.25, -0.2) is 9.97 Å². The average Bonchev–Trinajstić information content (AvgIpc) is 3.32. The smallest absolute Gasteiger partial charge is 0.270 e. The molecular formula is C19H22N4O2S2. The van der Waals surface area contributed by atoms with E-state index in [0.717, 1.165) is 28.6 Å². The topological polar surface area (TPSA) is 76.1 Å². The zero-order valence-electron chi connectivity index (χ0n) is 15.5. The first-order valence-electron chi connectivity index (χ1n) is 8.64. The maximum absolute atomic E-state index is 12.3. The van der Waals surface area contributed by atoms with Crippen molar-refractivity contribution in [3.05, 3.63) is 51.4 Å². The molecule has 1 aromatic carbocycles. The van der Waals surface area contributed by atoms with Gasteiger partial charge >= 0.3 is 0 Å². The van der Waals surface area contributed by atoms with Gasteiger partial charge in [-0.1, -0.05) is 13.8 Å². The number of amides is 1. The molecule has 0 radical (unpaired) electrons. The Morgan fingerprint density at radius 1 is 1.15 bits per heavy atom. The highest BCUT2D eigenvalue weighted by atomic mass is 32.1. The summed E-state index contributed by atoms with van der Waals surface area (Å²) in [4.78, 5) is 21.2. The normalized spacial score (nSPS) is 10.8. The third-order valence-corrected chi connectivity index (χ3v) is 5.76. The summed E-state index contributed by atoms with van der Waals surface area (Å²) in [5.41, 5.74) is 2.32. The fourth-order valence-electron chi connectivity index (χ4n) is 2.33. The SMILES string of the molecule is COc1ccc(Nc2nc(C(=O)NCCc3csc(C(C)C)n3)cs2)cc1. The van der Waals surface area contributed by atoms with Crippen LogP contribution in [0, 0.1) is 0 Å². The first-order valence-corrected chi connectivity index (χ1v) is 10.4. The molecule has 27 heavy (non-hydrogen) atoms. The summed E-state index contributed by atoms with van der Waals surface area (Å²) < 4.78 is 5.14. The highest BCUT2D eigenvalue weighted by Crippen LogP contribution is 2.23. The Morgan fingerprint density at radius 2 is 1.93 bits per heavy atom. The maximum atomic E-state index is 12.3. The van der Waals surface area contributed by atoms with Crippen molar-refractivity contribution in [2.24, 2.45) is 0 Å². The van der Waals surface area contributed by atoms with E-state index >= 15 is 0 Å². The third kappa shape index (κ3) is 5.27. The molecule has 0 aliphatic rings. The maximum Gasteiger partial charge on any atom is 0.270 e. The lowest BCUT2D eigenvalue weighted by atomic mass is 10.2. The van der Waals surface area contributed by atoms with Crippen LogP contribution in [0.25, 0.3) is 0 Å². The summed E-state index contributed by atoms with van der Waals surface area (Å²) in [6.07, 6.45) is 0.718. The zero-order valence-corrected chi connectivity index (χ0v) is 17.1. The largest absolute Gasteiger partial charge is 0.497 e. The molecule has 142 valence electrons. The molecule has 0 spiro atoms. The van der Waals surface area contributed by atoms with E-state index in [9.17, 15) is 4.79 Å². The van der Waals surface area contributed by atoms with Crippen LogP contribution < -0.4 is 15.4 Å². The minimum Gasteiger partial charge on any atom is -0.497 e. The Balaban J connectivity index is 1.50. The van der Waals surface area contributed by atoms with Crippen molar-refractivity contribution in [2.45, 2.75) is 26.2 Å². The molecule has 0 aliphatic carbocycles. The van der Waals surface area contributed by atoms with Gasteiger partial charge in [0.2, 0.25) is 0 Å². The van der Waals surface area contributed by atoms with Crippen LogP contribution in [-0.2, 0) is 6.42 Å². The summed E-state index contributed by atoms with van der Waals surface area (Å²) in [7, 11) is 1.63. The van der Waals surface area contributed by atoms with Gasteiger partial charge in [0.15, 0.2) is 5.13 Å². The van der Waals surface area contributed by atoms with Gasteiger partial charge in [0.1, 0.15) is 11.4 Å². The molecule has 0 atom stereocenters. The molecule has 2 N–H and O–H groups in total. The molecule has 1 amide bonds. The fraction of sp³-hybridized carbons (Fsp3) is 0.316. The first kappa shape index (κ1) is 19.3. The van der Waals surface area contributed by atoms with Crippen molar-refractivity contribution in [2.75, 3.05) is 19.0 Å². The Bertz CT molecular complexity index is 887. The van der Waals surface area contributed by atoms with Crippen molar-refractivity contribution in [1.82, 2.24) is 15.3 Å². The lowest BCUT2D eigenvalue weighted by molar-refractivity contribution is 0.0950. The molecule has 3 aromatic rings. The van der Waals surface area contributed by atoms with Crippen molar-refractivity contribution in [3.63, 3.8) is 0 Å². The van der Waals surface area contributed by atoms with Crippen LogP contribution >= 0.6 is 22.7 Å². The molecule has 0 saturated heterocycles. The number of methoxy groups -OCH3 is 1. The Labute approximate surface area is 166 Å². The van der Waals surface area contributed by atoms with E-state index in [4.69, 9.17) is 4.74 Å². The van der Waals surface area contributed by atoms with Crippen LogP contribution in [-0.4, -0.2) is 29.5 Å². The van der Waals surface area contributed by atoms with Gasteiger partial charge < -0.3 is 15.4 Å². The van der Waals surface area contributed by atoms with E-state index in [1.165, 1.54) is 11.3 Å². The van der Waals surface area contributed by atoms with Gasteiger partial charge in [-0.15, -0.1) is 22.7 Å². The second kappa shape index (κ2) is 8.96. The molecule has 0 fully saturated rings. The van der Waals surface area contributed by atoms with Gasteiger partial charge in [-0.2, -0.15) is 0 Å². The number of benzene rings is 1. The number of aromatic nitrogens is 2. The summed E-state index contributed by atoms with van der Waals surface area (Å²) in [5.74, 6) is 1.05. The quantitative estimate of drug-likeness (QED) is 0.582. The average molecular weight is 403 g/mol. The number of anilines is 2. The van der Waals surface area contributed by atoms with E-state index < -0.39 is 0 Å². The van der Waals surface area contributed by atoms with Crippen LogP contribution in [0.5, 0.6) is 5.75 Å². The molecule has 2 heterocycles. The number of nitrogens with one attached hydrogen (secondary N) is 2. The number of rotatable bonds is 8. The molecule has 8 heteroatoms. The van der Waals surface area contributed by atoms with E-state index in [2.05, 4.69) is 39.8 Å². The number of hydrogen-bond donors (Lipinski definition) is 2. The van der Waals surface area contributed by atoms with Gasteiger partial charge in [0, 0.05) is 35.3 Å². The lowest BCUT2D eigenvalue weighted by Gasteiger charge is -2.04. The van der Waals surface area contributed by atoms with Crippen molar-refractivity contribution >= 4 is 39.4 Å². The number of carbonyl (C=O) groups excluding carboxylic acids is 1. The van der Waals surface area contributed by atoms with Crippen molar-refractivity contribution < 1.29 is 9.53 Å². The lowest BCUT2D eigenvalue weighted by Crippen LogP contribution is -2.26. The molecular weight excluding hydrogens is 380 g/mol. The van der Waals surface area contributed by atoms with Crippen LogP contribution in [0.3, 0.4) is 0 Å². The Morgan fingerprint density at radius 3 is 2.59 bits per heavy atom. The Hall–Kier alpha value is -2.45. The molecule has 0 bridgehead atoms. The summed E-state index contributed by atoms with van der Waals surface area (Å²) >= 11 is 3.06. The number of nitrogens with zero attached hydrogens (tertiary/aromatic N) is 2. The van der Waals surface area contributed by atoms with E-state index in [0.29, 0.717) is 23.3 Å². The van der Waals surface area contributed by atoms with Crippen LogP contribution in [0.2, 0.25) is 0 Å². The molecule has 0 unspecified atom stereocenters. The predicted octanol–water partition coefficient (Wildman–Crippen LogP) is 4.45. The molecule has 3 rings (SSSR count). The van der Waals surface area contributed by atoms with Gasteiger partial charge in [0.05, 0.1) is 17.8 Å². The highest BCUT2D eigenvalue weighted by Gasteiger charge is 2.11. The Kier molecular flexibility index (Phi) is 6.41. The fourth-order valence-corrected chi connectivity index (χ4v) is 3.91. The number of ether oxygens (including phenoxy) is 1. The van der Waals surface area contributed by atoms with E-state index in [1.54, 1.807) is 23.8 Å². The minimum atomic E-state index is -0.173. The second-order valence-electron chi connectivity index (χ2n) is 6.23. The first-order chi connectivity index (χ1) is 13.0. The van der Waals surface area contributed by atoms with Crippen LogP contribution in [0.15, 0.2) is 35.0 Å². The van der Waals surface area contributed by atoms with Crippen molar-refractivity contribution in [1.29, 1.82) is 0 Å². The van der Waals surface area contributed by atoms with Crippen molar-refractivity contribution in [3.8, 4) is 5.75 Å².